The van der Waals surface area contributed by atoms with Gasteiger partial charge < -0.3 is 16.0 Å². The Labute approximate surface area is 114 Å². The van der Waals surface area contributed by atoms with Crippen LogP contribution in [0.4, 0.5) is 0 Å². The van der Waals surface area contributed by atoms with Crippen LogP contribution in [0.1, 0.15) is 19.3 Å². The lowest BCUT2D eigenvalue weighted by atomic mass is 10.0. The van der Waals surface area contributed by atoms with Crippen LogP contribution in [-0.4, -0.2) is 36.7 Å². The number of rotatable bonds is 2. The van der Waals surface area contributed by atoms with Crippen molar-refractivity contribution in [3.8, 4) is 0 Å². The van der Waals surface area contributed by atoms with Crippen molar-refractivity contribution >= 4 is 12.2 Å². The van der Waals surface area contributed by atoms with Crippen LogP contribution in [0.15, 0.2) is 34.2 Å². The van der Waals surface area contributed by atoms with Gasteiger partial charge in [-0.1, -0.05) is 6.08 Å². The smallest absolute Gasteiger partial charge is 0.131 e. The van der Waals surface area contributed by atoms with Gasteiger partial charge in [-0.15, -0.1) is 0 Å². The molecule has 1 fully saturated rings. The highest BCUT2D eigenvalue weighted by molar-refractivity contribution is 5.96. The van der Waals surface area contributed by atoms with E-state index in [0.717, 1.165) is 18.2 Å². The predicted molar refractivity (Wildman–Crippen MR) is 77.7 cm³/mol. The molecule has 19 heavy (non-hydrogen) atoms. The van der Waals surface area contributed by atoms with Crippen LogP contribution in [0, 0.1) is 11.8 Å². The van der Waals surface area contributed by atoms with E-state index in [9.17, 15) is 0 Å². The third kappa shape index (κ3) is 2.30. The van der Waals surface area contributed by atoms with Gasteiger partial charge in [-0.25, -0.2) is 4.99 Å². The van der Waals surface area contributed by atoms with E-state index in [1.807, 2.05) is 0 Å². The predicted octanol–water partition coefficient (Wildman–Crippen LogP) is 1.06. The molecule has 1 aliphatic carbocycles. The molecule has 0 saturated heterocycles. The summed E-state index contributed by atoms with van der Waals surface area (Å²) in [6, 6.07) is 0.536. The van der Waals surface area contributed by atoms with Crippen molar-refractivity contribution < 1.29 is 0 Å². The first-order chi connectivity index (χ1) is 9.31. The molecule has 0 aromatic carbocycles. The topological polar surface area (TPSA) is 66.0 Å². The van der Waals surface area contributed by atoms with Crippen molar-refractivity contribution in [2.45, 2.75) is 25.3 Å². The number of nitrogens with zero attached hydrogens (tertiary/aromatic N) is 3. The highest BCUT2D eigenvalue weighted by Gasteiger charge is 2.31. The molecule has 2 bridgehead atoms. The second-order valence-electron chi connectivity index (χ2n) is 5.38. The third-order valence-electron chi connectivity index (χ3n) is 4.25. The Morgan fingerprint density at radius 2 is 2.42 bits per heavy atom. The molecule has 0 amide bonds. The molecule has 0 aromatic heterocycles. The summed E-state index contributed by atoms with van der Waals surface area (Å²) in [7, 11) is 1.80. The van der Waals surface area contributed by atoms with E-state index >= 15 is 0 Å². The Kier molecular flexibility index (Phi) is 3.38. The molecule has 102 valence electrons. The van der Waals surface area contributed by atoms with Crippen molar-refractivity contribution in [1.29, 1.82) is 0 Å². The van der Waals surface area contributed by atoms with E-state index in [1.54, 1.807) is 13.4 Å². The second-order valence-corrected chi connectivity index (χ2v) is 5.38. The fourth-order valence-electron chi connectivity index (χ4n) is 3.14. The molecule has 3 N–H and O–H groups in total. The van der Waals surface area contributed by atoms with Crippen molar-refractivity contribution in [3.63, 3.8) is 0 Å². The van der Waals surface area contributed by atoms with Crippen LogP contribution >= 0.6 is 0 Å². The lowest BCUT2D eigenvalue weighted by Crippen LogP contribution is -2.31. The number of hydrogen-bond donors (Lipinski definition) is 2. The monoisotopic (exact) mass is 259 g/mol. The van der Waals surface area contributed by atoms with Gasteiger partial charge in [0.2, 0.25) is 0 Å². The number of hydrogen-bond acceptors (Lipinski definition) is 4. The number of aliphatic imine (C=N–C) groups is 2. The summed E-state index contributed by atoms with van der Waals surface area (Å²) in [4.78, 5) is 11.1. The van der Waals surface area contributed by atoms with Crippen LogP contribution in [-0.2, 0) is 0 Å². The number of amidine groups is 1. The normalized spacial score (nSPS) is 35.3. The maximum Gasteiger partial charge on any atom is 0.131 e. The molecule has 1 saturated carbocycles. The molecular weight excluding hydrogens is 238 g/mol. The second kappa shape index (κ2) is 5.17. The average Bonchev–Trinajstić information content (AvgIpc) is 2.85. The number of nitrogens with two attached hydrogens (primary N) is 1. The summed E-state index contributed by atoms with van der Waals surface area (Å²) in [5, 5.41) is 3.14. The maximum absolute atomic E-state index is 5.78. The quantitative estimate of drug-likeness (QED) is 0.779. The van der Waals surface area contributed by atoms with Gasteiger partial charge in [0, 0.05) is 19.3 Å². The third-order valence-corrected chi connectivity index (χ3v) is 4.25. The molecule has 0 radical (unpaired) electrons. The minimum absolute atomic E-state index is 0.213. The Morgan fingerprint density at radius 3 is 3.16 bits per heavy atom. The summed E-state index contributed by atoms with van der Waals surface area (Å²) in [5.41, 5.74) is 5.78. The van der Waals surface area contributed by atoms with Crippen LogP contribution < -0.4 is 11.1 Å². The maximum atomic E-state index is 5.78. The van der Waals surface area contributed by atoms with Gasteiger partial charge in [0.15, 0.2) is 0 Å². The van der Waals surface area contributed by atoms with Crippen molar-refractivity contribution in [1.82, 2.24) is 10.2 Å². The number of nitrogens with one attached hydrogen (secondary N) is 1. The zero-order valence-corrected chi connectivity index (χ0v) is 11.3. The SMILES string of the molecule is CN=C1NC=NC2=CC1C=CN2C1CC[C@@H](CN)C1. The van der Waals surface area contributed by atoms with Gasteiger partial charge in [0.05, 0.1) is 12.3 Å². The molecule has 2 heterocycles. The molecule has 5 heteroatoms. The highest BCUT2D eigenvalue weighted by atomic mass is 15.3. The van der Waals surface area contributed by atoms with E-state index in [1.165, 1.54) is 19.3 Å². The van der Waals surface area contributed by atoms with Gasteiger partial charge in [-0.05, 0) is 37.8 Å². The van der Waals surface area contributed by atoms with Gasteiger partial charge in [-0.2, -0.15) is 0 Å². The summed E-state index contributed by atoms with van der Waals surface area (Å²) in [5.74, 6) is 2.85. The van der Waals surface area contributed by atoms with Gasteiger partial charge >= 0.3 is 0 Å². The van der Waals surface area contributed by atoms with E-state index in [-0.39, 0.29) is 5.92 Å². The van der Waals surface area contributed by atoms with E-state index in [0.29, 0.717) is 12.0 Å². The van der Waals surface area contributed by atoms with Crippen LogP contribution in [0.3, 0.4) is 0 Å². The zero-order valence-electron chi connectivity index (χ0n) is 11.3. The molecule has 2 aliphatic heterocycles. The molecule has 3 aliphatic rings. The first kappa shape index (κ1) is 12.4. The molecule has 0 aromatic rings. The van der Waals surface area contributed by atoms with Crippen LogP contribution in [0.5, 0.6) is 0 Å². The van der Waals surface area contributed by atoms with Gasteiger partial charge in [-0.3, -0.25) is 4.99 Å². The first-order valence-electron chi connectivity index (χ1n) is 6.96. The fraction of sp³-hybridized carbons (Fsp3) is 0.571. The van der Waals surface area contributed by atoms with Crippen LogP contribution in [0.25, 0.3) is 0 Å². The lowest BCUT2D eigenvalue weighted by molar-refractivity contribution is 0.325. The molecule has 5 nitrogen and oxygen atoms in total. The minimum atomic E-state index is 0.213. The molecule has 3 rings (SSSR count). The zero-order chi connectivity index (χ0) is 13.2. The molecular formula is C14H21N5. The Morgan fingerprint density at radius 1 is 1.53 bits per heavy atom. The Bertz CT molecular complexity index is 462. The number of fused-ring (bicyclic) bond motifs is 1. The largest absolute Gasteiger partial charge is 0.334 e. The van der Waals surface area contributed by atoms with E-state index < -0.39 is 0 Å². The standard InChI is InChI=1S/C14H21N5/c1-16-14-11-4-5-19(13(7-11)17-9-18-14)12-3-2-10(6-12)8-15/h4-5,7,9-12H,2-3,6,8,15H2,1H3,(H,16,17,18)/t10-,11?,12?/m1/s1. The van der Waals surface area contributed by atoms with Crippen LogP contribution in [0.2, 0.25) is 0 Å². The first-order valence-corrected chi connectivity index (χ1v) is 6.96. The van der Waals surface area contributed by atoms with Gasteiger partial charge in [0.25, 0.3) is 0 Å². The lowest BCUT2D eigenvalue weighted by Gasteiger charge is -2.30. The summed E-state index contributed by atoms with van der Waals surface area (Å²) < 4.78 is 0. The summed E-state index contributed by atoms with van der Waals surface area (Å²) >= 11 is 0. The highest BCUT2D eigenvalue weighted by Crippen LogP contribution is 2.33. The van der Waals surface area contributed by atoms with Crippen molar-refractivity contribution in [3.05, 3.63) is 24.2 Å². The molecule has 2 unspecified atom stereocenters. The Hall–Kier alpha value is -1.62. The van der Waals surface area contributed by atoms with Gasteiger partial charge in [0.1, 0.15) is 11.7 Å². The molecule has 3 atom stereocenters. The summed E-state index contributed by atoms with van der Waals surface area (Å²) in [6.45, 7) is 0.799. The van der Waals surface area contributed by atoms with E-state index in [2.05, 4.69) is 38.6 Å². The van der Waals surface area contributed by atoms with E-state index in [4.69, 9.17) is 5.73 Å². The van der Waals surface area contributed by atoms with Crippen molar-refractivity contribution in [2.75, 3.05) is 13.6 Å². The Balaban J connectivity index is 1.79. The molecule has 0 spiro atoms. The van der Waals surface area contributed by atoms with Crippen molar-refractivity contribution in [2.24, 2.45) is 27.6 Å². The fourth-order valence-corrected chi connectivity index (χ4v) is 3.14. The average molecular weight is 259 g/mol. The summed E-state index contributed by atoms with van der Waals surface area (Å²) in [6.07, 6.45) is 11.9. The minimum Gasteiger partial charge on any atom is -0.334 e.